The molecule has 6 heteroatoms. The molecule has 0 spiro atoms. The van der Waals surface area contributed by atoms with Crippen molar-refractivity contribution in [1.29, 1.82) is 0 Å². The van der Waals surface area contributed by atoms with Gasteiger partial charge in [0.15, 0.2) is 16.6 Å². The van der Waals surface area contributed by atoms with Crippen molar-refractivity contribution in [3.8, 4) is 5.75 Å². The van der Waals surface area contributed by atoms with E-state index >= 15 is 0 Å². The van der Waals surface area contributed by atoms with Gasteiger partial charge in [-0.05, 0) is 31.8 Å². The van der Waals surface area contributed by atoms with E-state index in [1.165, 1.54) is 11.5 Å². The SMILES string of the molecule is CCOc1c(N)nsc1NCCC(C)O. The van der Waals surface area contributed by atoms with Gasteiger partial charge in [-0.2, -0.15) is 4.37 Å². The molecule has 86 valence electrons. The third-order valence-corrected chi connectivity index (χ3v) is 2.61. The van der Waals surface area contributed by atoms with Crippen molar-refractivity contribution in [3.05, 3.63) is 0 Å². The summed E-state index contributed by atoms with van der Waals surface area (Å²) >= 11 is 1.28. The molecule has 1 aromatic rings. The number of aliphatic hydroxyl groups excluding tert-OH is 1. The molecule has 4 N–H and O–H groups in total. The number of nitrogens with one attached hydrogen (secondary N) is 1. The van der Waals surface area contributed by atoms with Gasteiger partial charge < -0.3 is 20.9 Å². The van der Waals surface area contributed by atoms with E-state index in [0.717, 1.165) is 5.00 Å². The van der Waals surface area contributed by atoms with Crippen molar-refractivity contribution in [1.82, 2.24) is 4.37 Å². The van der Waals surface area contributed by atoms with E-state index in [2.05, 4.69) is 9.69 Å². The fraction of sp³-hybridized carbons (Fsp3) is 0.667. The van der Waals surface area contributed by atoms with Gasteiger partial charge in [-0.25, -0.2) is 0 Å². The monoisotopic (exact) mass is 231 g/mol. The average Bonchev–Trinajstić information content (AvgIpc) is 2.50. The molecule has 0 fully saturated rings. The number of aliphatic hydroxyl groups is 1. The molecular weight excluding hydrogens is 214 g/mol. The lowest BCUT2D eigenvalue weighted by Gasteiger charge is -2.08. The Kier molecular flexibility index (Phi) is 4.64. The quantitative estimate of drug-likeness (QED) is 0.687. The Labute approximate surface area is 93.4 Å². The lowest BCUT2D eigenvalue weighted by molar-refractivity contribution is 0.188. The Morgan fingerprint density at radius 2 is 2.40 bits per heavy atom. The number of anilines is 2. The number of nitrogen functional groups attached to an aromatic ring is 1. The summed E-state index contributed by atoms with van der Waals surface area (Å²) in [6, 6.07) is 0. The molecule has 0 aliphatic heterocycles. The molecule has 0 aliphatic rings. The predicted molar refractivity (Wildman–Crippen MR) is 62.5 cm³/mol. The molecule has 0 aromatic carbocycles. The van der Waals surface area contributed by atoms with E-state index in [1.807, 2.05) is 6.92 Å². The van der Waals surface area contributed by atoms with E-state index in [-0.39, 0.29) is 6.10 Å². The second-order valence-corrected chi connectivity index (χ2v) is 4.00. The molecule has 0 radical (unpaired) electrons. The van der Waals surface area contributed by atoms with Crippen LogP contribution in [0.15, 0.2) is 0 Å². The average molecular weight is 231 g/mol. The summed E-state index contributed by atoms with van der Waals surface area (Å²) in [5.74, 6) is 1.04. The molecule has 1 atom stereocenters. The van der Waals surface area contributed by atoms with Gasteiger partial charge in [-0.3, -0.25) is 0 Å². The number of hydrogen-bond acceptors (Lipinski definition) is 6. The smallest absolute Gasteiger partial charge is 0.197 e. The maximum atomic E-state index is 9.10. The largest absolute Gasteiger partial charge is 0.487 e. The van der Waals surface area contributed by atoms with Crippen LogP contribution in [0.25, 0.3) is 0 Å². The minimum Gasteiger partial charge on any atom is -0.487 e. The Morgan fingerprint density at radius 3 is 3.00 bits per heavy atom. The molecule has 1 heterocycles. The first kappa shape index (κ1) is 12.1. The number of rotatable bonds is 6. The van der Waals surface area contributed by atoms with Crippen LogP contribution in [0.5, 0.6) is 5.75 Å². The van der Waals surface area contributed by atoms with Crippen LogP contribution < -0.4 is 15.8 Å². The molecule has 0 saturated heterocycles. The van der Waals surface area contributed by atoms with Crippen LogP contribution in [-0.4, -0.2) is 28.7 Å². The first-order valence-electron chi connectivity index (χ1n) is 4.95. The highest BCUT2D eigenvalue weighted by atomic mass is 32.1. The number of nitrogens with two attached hydrogens (primary N) is 1. The highest BCUT2D eigenvalue weighted by Gasteiger charge is 2.11. The van der Waals surface area contributed by atoms with Crippen molar-refractivity contribution < 1.29 is 9.84 Å². The maximum absolute atomic E-state index is 9.10. The Hall–Kier alpha value is -1.01. The van der Waals surface area contributed by atoms with Crippen molar-refractivity contribution in [2.45, 2.75) is 26.4 Å². The summed E-state index contributed by atoms with van der Waals surface area (Å²) in [6.07, 6.45) is 0.377. The highest BCUT2D eigenvalue weighted by Crippen LogP contribution is 2.34. The third kappa shape index (κ3) is 3.56. The molecule has 1 unspecified atom stereocenters. The van der Waals surface area contributed by atoms with E-state index < -0.39 is 0 Å². The van der Waals surface area contributed by atoms with E-state index in [1.54, 1.807) is 6.92 Å². The fourth-order valence-corrected chi connectivity index (χ4v) is 1.77. The van der Waals surface area contributed by atoms with Crippen LogP contribution in [0.4, 0.5) is 10.8 Å². The Balaban J connectivity index is 2.52. The summed E-state index contributed by atoms with van der Waals surface area (Å²) in [6.45, 7) is 4.90. The van der Waals surface area contributed by atoms with Crippen molar-refractivity contribution >= 4 is 22.4 Å². The second-order valence-electron chi connectivity index (χ2n) is 3.22. The van der Waals surface area contributed by atoms with Crippen LogP contribution in [0.3, 0.4) is 0 Å². The molecule has 1 rings (SSSR count). The summed E-state index contributed by atoms with van der Waals surface area (Å²) < 4.78 is 9.37. The topological polar surface area (TPSA) is 80.4 Å². The van der Waals surface area contributed by atoms with Crippen LogP contribution in [-0.2, 0) is 0 Å². The molecule has 5 nitrogen and oxygen atoms in total. The zero-order valence-corrected chi connectivity index (χ0v) is 9.80. The van der Waals surface area contributed by atoms with Crippen molar-refractivity contribution in [2.24, 2.45) is 0 Å². The lowest BCUT2D eigenvalue weighted by Crippen LogP contribution is -2.09. The minimum absolute atomic E-state index is 0.307. The van der Waals surface area contributed by atoms with E-state index in [0.29, 0.717) is 31.1 Å². The van der Waals surface area contributed by atoms with Gasteiger partial charge >= 0.3 is 0 Å². The summed E-state index contributed by atoms with van der Waals surface area (Å²) in [5.41, 5.74) is 5.64. The van der Waals surface area contributed by atoms with Crippen LogP contribution >= 0.6 is 11.5 Å². The van der Waals surface area contributed by atoms with E-state index in [4.69, 9.17) is 15.6 Å². The van der Waals surface area contributed by atoms with Gasteiger partial charge in [0.05, 0.1) is 12.7 Å². The standard InChI is InChI=1S/C9H17N3O2S/c1-3-14-7-8(10)12-15-9(7)11-5-4-6(2)13/h6,11,13H,3-5H2,1-2H3,(H2,10,12). The van der Waals surface area contributed by atoms with Crippen LogP contribution in [0.1, 0.15) is 20.3 Å². The Morgan fingerprint density at radius 1 is 1.67 bits per heavy atom. The molecular formula is C9H17N3O2S. The number of nitrogens with zero attached hydrogens (tertiary/aromatic N) is 1. The zero-order chi connectivity index (χ0) is 11.3. The van der Waals surface area contributed by atoms with Crippen molar-refractivity contribution in [2.75, 3.05) is 24.2 Å². The number of hydrogen-bond donors (Lipinski definition) is 3. The number of aromatic nitrogens is 1. The van der Waals surface area contributed by atoms with Gasteiger partial charge in [0.2, 0.25) is 0 Å². The first-order chi connectivity index (χ1) is 7.15. The van der Waals surface area contributed by atoms with Gasteiger partial charge in [0.25, 0.3) is 0 Å². The molecule has 0 bridgehead atoms. The molecule has 0 amide bonds. The summed E-state index contributed by atoms with van der Waals surface area (Å²) in [7, 11) is 0. The molecule has 1 aromatic heterocycles. The van der Waals surface area contributed by atoms with Crippen molar-refractivity contribution in [3.63, 3.8) is 0 Å². The molecule has 15 heavy (non-hydrogen) atoms. The second kappa shape index (κ2) is 5.77. The molecule has 0 aliphatic carbocycles. The van der Waals surface area contributed by atoms with Crippen LogP contribution in [0, 0.1) is 0 Å². The van der Waals surface area contributed by atoms with Gasteiger partial charge in [-0.15, -0.1) is 0 Å². The predicted octanol–water partition coefficient (Wildman–Crippen LogP) is 1.31. The van der Waals surface area contributed by atoms with Crippen LogP contribution in [0.2, 0.25) is 0 Å². The maximum Gasteiger partial charge on any atom is 0.197 e. The van der Waals surface area contributed by atoms with Gasteiger partial charge in [-0.1, -0.05) is 0 Å². The molecule has 0 saturated carbocycles. The lowest BCUT2D eigenvalue weighted by atomic mass is 10.3. The highest BCUT2D eigenvalue weighted by molar-refractivity contribution is 7.11. The fourth-order valence-electron chi connectivity index (χ4n) is 1.09. The third-order valence-electron chi connectivity index (χ3n) is 1.81. The van der Waals surface area contributed by atoms with Gasteiger partial charge in [0.1, 0.15) is 0 Å². The normalized spacial score (nSPS) is 12.5. The first-order valence-corrected chi connectivity index (χ1v) is 5.72. The minimum atomic E-state index is -0.307. The summed E-state index contributed by atoms with van der Waals surface area (Å²) in [5, 5.41) is 13.1. The summed E-state index contributed by atoms with van der Waals surface area (Å²) in [4.78, 5) is 0. The zero-order valence-electron chi connectivity index (χ0n) is 8.99. The van der Waals surface area contributed by atoms with Gasteiger partial charge in [0, 0.05) is 6.54 Å². The Bertz CT molecular complexity index is 302. The van der Waals surface area contributed by atoms with E-state index in [9.17, 15) is 0 Å². The number of ether oxygens (including phenoxy) is 1.